The topological polar surface area (TPSA) is 119 Å². The van der Waals surface area contributed by atoms with Crippen LogP contribution < -0.4 is 10.6 Å². The van der Waals surface area contributed by atoms with Gasteiger partial charge >= 0.3 is 5.97 Å². The Balaban J connectivity index is 1.61. The van der Waals surface area contributed by atoms with E-state index in [4.69, 9.17) is 5.11 Å². The first-order valence-corrected chi connectivity index (χ1v) is 11.0. The van der Waals surface area contributed by atoms with Gasteiger partial charge in [-0.2, -0.15) is 0 Å². The molecule has 0 aromatic heterocycles. The molecule has 1 saturated heterocycles. The van der Waals surface area contributed by atoms with Crippen molar-refractivity contribution in [3.05, 3.63) is 71.5 Å². The van der Waals surface area contributed by atoms with Crippen LogP contribution in [-0.2, 0) is 20.9 Å². The molecular weight excluding hydrogens is 422 g/mol. The van der Waals surface area contributed by atoms with E-state index in [2.05, 4.69) is 10.6 Å². The van der Waals surface area contributed by atoms with Crippen LogP contribution in [0.2, 0.25) is 0 Å². The normalized spacial score (nSPS) is 17.8. The maximum absolute atomic E-state index is 13.5. The minimum absolute atomic E-state index is 0.165. The Morgan fingerprint density at radius 2 is 1.64 bits per heavy atom. The van der Waals surface area contributed by atoms with Crippen molar-refractivity contribution in [2.24, 2.45) is 0 Å². The molecule has 2 aliphatic heterocycles. The summed E-state index contributed by atoms with van der Waals surface area (Å²) >= 11 is 0. The molecule has 0 unspecified atom stereocenters. The zero-order valence-electron chi connectivity index (χ0n) is 18.2. The van der Waals surface area contributed by atoms with Gasteiger partial charge in [0.1, 0.15) is 17.9 Å². The molecule has 0 radical (unpaired) electrons. The molecule has 4 N–H and O–H groups in total. The number of carbonyl (C=O) groups is 3. The summed E-state index contributed by atoms with van der Waals surface area (Å²) in [7, 11) is 0. The number of amides is 2. The molecule has 0 aliphatic carbocycles. The molecule has 2 aliphatic rings. The van der Waals surface area contributed by atoms with Gasteiger partial charge in [0, 0.05) is 13.0 Å². The highest BCUT2D eigenvalue weighted by Crippen LogP contribution is 2.39. The molecule has 1 fully saturated rings. The van der Waals surface area contributed by atoms with Crippen LogP contribution in [0.25, 0.3) is 11.1 Å². The maximum Gasteiger partial charge on any atom is 0.322 e. The fourth-order valence-electron chi connectivity index (χ4n) is 4.64. The van der Waals surface area contributed by atoms with Crippen LogP contribution in [0.5, 0.6) is 0 Å². The predicted octanol–water partition coefficient (Wildman–Crippen LogP) is 2.22. The third kappa shape index (κ3) is 4.75. The number of hydrogen-bond donors (Lipinski definition) is 4. The molecule has 8 heteroatoms. The van der Waals surface area contributed by atoms with E-state index in [1.54, 1.807) is 4.90 Å². The molecule has 2 heterocycles. The largest absolute Gasteiger partial charge is 0.511 e. The molecule has 0 atom stereocenters. The Morgan fingerprint density at radius 1 is 1.00 bits per heavy atom. The Kier molecular flexibility index (Phi) is 6.46. The molecule has 2 amide bonds. The van der Waals surface area contributed by atoms with Crippen LogP contribution in [0.1, 0.15) is 24.8 Å². The highest BCUT2D eigenvalue weighted by atomic mass is 16.4. The van der Waals surface area contributed by atoms with Crippen LogP contribution in [0.3, 0.4) is 0 Å². The lowest BCUT2D eigenvalue weighted by Crippen LogP contribution is -2.60. The van der Waals surface area contributed by atoms with Gasteiger partial charge in [0.2, 0.25) is 0 Å². The van der Waals surface area contributed by atoms with Crippen LogP contribution >= 0.6 is 0 Å². The van der Waals surface area contributed by atoms with Gasteiger partial charge < -0.3 is 25.7 Å². The van der Waals surface area contributed by atoms with Crippen molar-refractivity contribution in [3.63, 3.8) is 0 Å². The van der Waals surface area contributed by atoms with Crippen molar-refractivity contribution in [2.45, 2.75) is 31.3 Å². The van der Waals surface area contributed by atoms with Crippen LogP contribution in [0, 0.1) is 0 Å². The highest BCUT2D eigenvalue weighted by Gasteiger charge is 2.48. The summed E-state index contributed by atoms with van der Waals surface area (Å²) in [6.07, 6.45) is 1.46. The predicted molar refractivity (Wildman–Crippen MR) is 122 cm³/mol. The number of carboxylic acid groups (broad SMARTS) is 1. The first kappa shape index (κ1) is 22.5. The molecule has 0 saturated carbocycles. The summed E-state index contributed by atoms with van der Waals surface area (Å²) in [5.74, 6) is -2.94. The van der Waals surface area contributed by atoms with Gasteiger partial charge in [-0.3, -0.25) is 14.4 Å². The molecule has 33 heavy (non-hydrogen) atoms. The van der Waals surface area contributed by atoms with Gasteiger partial charge in [0.05, 0.1) is 5.54 Å². The standard InChI is InChI=1S/C25H27N3O5/c29-20-14-25(10-12-26-13-11-25)28(24(33)22(20)23(32)27-15-21(30)31)16-17-6-8-19(9-7-17)18-4-2-1-3-5-18/h1-9,26,29H,10-16H2,(H,27,32)(H,30,31). The van der Waals surface area contributed by atoms with Crippen molar-refractivity contribution < 1.29 is 24.6 Å². The third-order valence-corrected chi connectivity index (χ3v) is 6.38. The Morgan fingerprint density at radius 3 is 2.27 bits per heavy atom. The van der Waals surface area contributed by atoms with E-state index in [0.717, 1.165) is 16.7 Å². The molecule has 1 spiro atoms. The molecule has 172 valence electrons. The van der Waals surface area contributed by atoms with Crippen molar-refractivity contribution >= 4 is 17.8 Å². The quantitative estimate of drug-likeness (QED) is 0.502. The summed E-state index contributed by atoms with van der Waals surface area (Å²) in [6, 6.07) is 17.9. The van der Waals surface area contributed by atoms with Crippen molar-refractivity contribution in [1.82, 2.24) is 15.5 Å². The number of aliphatic hydroxyl groups excluding tert-OH is 1. The fourth-order valence-corrected chi connectivity index (χ4v) is 4.64. The van der Waals surface area contributed by atoms with Gasteiger partial charge in [-0.25, -0.2) is 0 Å². The SMILES string of the molecule is O=C(O)CNC(=O)C1=C(O)CC2(CCNCC2)N(Cc2ccc(-c3ccccc3)cc2)C1=O. The second-order valence-corrected chi connectivity index (χ2v) is 8.50. The van der Waals surface area contributed by atoms with E-state index < -0.39 is 29.9 Å². The van der Waals surface area contributed by atoms with Gasteiger partial charge in [-0.15, -0.1) is 0 Å². The van der Waals surface area contributed by atoms with Crippen LogP contribution in [0.15, 0.2) is 65.9 Å². The number of aliphatic carboxylic acids is 1. The number of carboxylic acids is 1. The van der Waals surface area contributed by atoms with Crippen molar-refractivity contribution in [3.8, 4) is 11.1 Å². The second-order valence-electron chi connectivity index (χ2n) is 8.50. The van der Waals surface area contributed by atoms with Crippen LogP contribution in [0.4, 0.5) is 0 Å². The Bertz CT molecular complexity index is 1070. The minimum Gasteiger partial charge on any atom is -0.511 e. The minimum atomic E-state index is -1.23. The van der Waals surface area contributed by atoms with Crippen molar-refractivity contribution in [1.29, 1.82) is 0 Å². The fraction of sp³-hybridized carbons (Fsp3) is 0.320. The van der Waals surface area contributed by atoms with E-state index in [1.807, 2.05) is 54.6 Å². The lowest BCUT2D eigenvalue weighted by atomic mass is 9.78. The number of rotatable bonds is 6. The summed E-state index contributed by atoms with van der Waals surface area (Å²) < 4.78 is 0. The van der Waals surface area contributed by atoms with Gasteiger partial charge in [0.25, 0.3) is 11.8 Å². The number of carbonyl (C=O) groups excluding carboxylic acids is 2. The lowest BCUT2D eigenvalue weighted by molar-refractivity contribution is -0.142. The van der Waals surface area contributed by atoms with Gasteiger partial charge in [0.15, 0.2) is 0 Å². The summed E-state index contributed by atoms with van der Waals surface area (Å²) in [4.78, 5) is 38.5. The van der Waals surface area contributed by atoms with E-state index >= 15 is 0 Å². The number of aliphatic hydroxyl groups is 1. The zero-order chi connectivity index (χ0) is 23.4. The Labute approximate surface area is 191 Å². The van der Waals surface area contributed by atoms with E-state index in [0.29, 0.717) is 25.9 Å². The number of benzene rings is 2. The molecule has 8 nitrogen and oxygen atoms in total. The van der Waals surface area contributed by atoms with E-state index in [1.165, 1.54) is 0 Å². The van der Waals surface area contributed by atoms with Crippen LogP contribution in [-0.4, -0.2) is 58.1 Å². The smallest absolute Gasteiger partial charge is 0.322 e. The molecule has 2 aromatic rings. The Hall–Kier alpha value is -3.65. The second kappa shape index (κ2) is 9.46. The van der Waals surface area contributed by atoms with Gasteiger partial charge in [-0.05, 0) is 42.6 Å². The average molecular weight is 450 g/mol. The molecule has 0 bridgehead atoms. The summed E-state index contributed by atoms with van der Waals surface area (Å²) in [5, 5.41) is 25.0. The summed E-state index contributed by atoms with van der Waals surface area (Å²) in [6.45, 7) is 1.06. The first-order chi connectivity index (χ1) is 15.9. The number of nitrogens with one attached hydrogen (secondary N) is 2. The average Bonchev–Trinajstić information content (AvgIpc) is 2.82. The number of hydrogen-bond acceptors (Lipinski definition) is 5. The van der Waals surface area contributed by atoms with E-state index in [9.17, 15) is 19.5 Å². The molecule has 4 rings (SSSR count). The zero-order valence-corrected chi connectivity index (χ0v) is 18.2. The summed E-state index contributed by atoms with van der Waals surface area (Å²) in [5.41, 5.74) is 2.10. The molecule has 2 aromatic carbocycles. The maximum atomic E-state index is 13.5. The van der Waals surface area contributed by atoms with E-state index in [-0.39, 0.29) is 24.3 Å². The molecular formula is C25H27N3O5. The van der Waals surface area contributed by atoms with Gasteiger partial charge in [-0.1, -0.05) is 54.6 Å². The monoisotopic (exact) mass is 449 g/mol. The number of piperidine rings is 1. The first-order valence-electron chi connectivity index (χ1n) is 11.0. The number of nitrogens with zero attached hydrogens (tertiary/aromatic N) is 1. The third-order valence-electron chi connectivity index (χ3n) is 6.38. The van der Waals surface area contributed by atoms with Crippen molar-refractivity contribution in [2.75, 3.05) is 19.6 Å². The lowest BCUT2D eigenvalue weighted by Gasteiger charge is -2.49. The highest BCUT2D eigenvalue weighted by molar-refractivity contribution is 6.19.